The van der Waals surface area contributed by atoms with E-state index in [1.165, 1.54) is 5.57 Å². The van der Waals surface area contributed by atoms with Crippen LogP contribution in [0, 0.1) is 0 Å². The van der Waals surface area contributed by atoms with Crippen molar-refractivity contribution < 1.29 is 9.15 Å². The van der Waals surface area contributed by atoms with Gasteiger partial charge in [-0.3, -0.25) is 4.79 Å². The maximum Gasteiger partial charge on any atom is 0.200 e. The third-order valence-corrected chi connectivity index (χ3v) is 3.29. The first kappa shape index (κ1) is 13.4. The number of fused-ring (bicyclic) bond motifs is 2. The molecule has 3 rings (SSSR count). The summed E-state index contributed by atoms with van der Waals surface area (Å²) in [6.07, 6.45) is 1.99. The Bertz CT molecular complexity index is 884. The third kappa shape index (κ3) is 2.68. The van der Waals surface area contributed by atoms with Crippen molar-refractivity contribution in [3.05, 3.63) is 64.3 Å². The van der Waals surface area contributed by atoms with Crippen LogP contribution in [-0.2, 0) is 0 Å². The molecule has 3 nitrogen and oxygen atoms in total. The Morgan fingerprint density at radius 2 is 1.86 bits per heavy atom. The van der Waals surface area contributed by atoms with E-state index < -0.39 is 0 Å². The first-order chi connectivity index (χ1) is 10.1. The van der Waals surface area contributed by atoms with E-state index in [0.29, 0.717) is 34.3 Å². The maximum absolute atomic E-state index is 12.5. The Morgan fingerprint density at radius 1 is 1.10 bits per heavy atom. The van der Waals surface area contributed by atoms with Gasteiger partial charge in [0.05, 0.1) is 10.8 Å². The number of benzene rings is 2. The molecule has 0 radical (unpaired) electrons. The number of hydrogen-bond acceptors (Lipinski definition) is 3. The first-order valence-electron chi connectivity index (χ1n) is 6.87. The van der Waals surface area contributed by atoms with Crippen molar-refractivity contribution >= 4 is 21.9 Å². The summed E-state index contributed by atoms with van der Waals surface area (Å²) in [5.41, 5.74) is 2.35. The molecule has 1 heterocycles. The van der Waals surface area contributed by atoms with Crippen LogP contribution < -0.4 is 10.2 Å². The van der Waals surface area contributed by atoms with Crippen molar-refractivity contribution in [1.82, 2.24) is 0 Å². The second kappa shape index (κ2) is 5.44. The lowest BCUT2D eigenvalue weighted by molar-refractivity contribution is 0.362. The molecular formula is C18H16O3. The Morgan fingerprint density at radius 3 is 2.67 bits per heavy atom. The smallest absolute Gasteiger partial charge is 0.200 e. The Hall–Kier alpha value is -2.55. The number of para-hydroxylation sites is 1. The van der Waals surface area contributed by atoms with Crippen LogP contribution >= 0.6 is 0 Å². The van der Waals surface area contributed by atoms with Gasteiger partial charge in [0.1, 0.15) is 23.5 Å². The number of hydrogen-bond donors (Lipinski definition) is 0. The predicted molar refractivity (Wildman–Crippen MR) is 84.9 cm³/mol. The van der Waals surface area contributed by atoms with E-state index in [1.807, 2.05) is 38.1 Å². The standard InChI is InChI=1S/C18H16O3/c1-12(2)9-10-20-13-7-8-17-15(11-13)18(19)14-5-3-4-6-16(14)21-17/h3-9,11H,10H2,1-2H3. The summed E-state index contributed by atoms with van der Waals surface area (Å²) in [4.78, 5) is 12.5. The minimum atomic E-state index is -0.0282. The van der Waals surface area contributed by atoms with Gasteiger partial charge < -0.3 is 9.15 Å². The average molecular weight is 280 g/mol. The fourth-order valence-corrected chi connectivity index (χ4v) is 2.18. The van der Waals surface area contributed by atoms with Crippen molar-refractivity contribution in [3.63, 3.8) is 0 Å². The fourth-order valence-electron chi connectivity index (χ4n) is 2.18. The molecule has 0 N–H and O–H groups in total. The molecule has 0 aliphatic carbocycles. The Kier molecular flexibility index (Phi) is 3.48. The molecule has 1 aromatic heterocycles. The monoisotopic (exact) mass is 280 g/mol. The van der Waals surface area contributed by atoms with E-state index >= 15 is 0 Å². The van der Waals surface area contributed by atoms with Crippen LogP contribution in [0.1, 0.15) is 13.8 Å². The summed E-state index contributed by atoms with van der Waals surface area (Å²) in [6, 6.07) is 12.6. The predicted octanol–water partition coefficient (Wildman–Crippen LogP) is 4.29. The van der Waals surface area contributed by atoms with Gasteiger partial charge >= 0.3 is 0 Å². The van der Waals surface area contributed by atoms with Crippen LogP contribution in [0.5, 0.6) is 5.75 Å². The molecule has 0 atom stereocenters. The van der Waals surface area contributed by atoms with Crippen LogP contribution in [0.4, 0.5) is 0 Å². The molecule has 3 aromatic rings. The van der Waals surface area contributed by atoms with Crippen molar-refractivity contribution in [2.45, 2.75) is 13.8 Å². The van der Waals surface area contributed by atoms with Gasteiger partial charge in [-0.2, -0.15) is 0 Å². The van der Waals surface area contributed by atoms with Gasteiger partial charge in [-0.15, -0.1) is 0 Å². The van der Waals surface area contributed by atoms with Gasteiger partial charge in [0.25, 0.3) is 0 Å². The maximum atomic E-state index is 12.5. The zero-order valence-corrected chi connectivity index (χ0v) is 12.1. The van der Waals surface area contributed by atoms with Crippen molar-refractivity contribution in [1.29, 1.82) is 0 Å². The zero-order chi connectivity index (χ0) is 14.8. The van der Waals surface area contributed by atoms with Gasteiger partial charge in [0, 0.05) is 0 Å². The first-order valence-corrected chi connectivity index (χ1v) is 6.87. The quantitative estimate of drug-likeness (QED) is 0.530. The molecular weight excluding hydrogens is 264 g/mol. The lowest BCUT2D eigenvalue weighted by atomic mass is 10.1. The minimum Gasteiger partial charge on any atom is -0.490 e. The summed E-state index contributed by atoms with van der Waals surface area (Å²) in [5, 5.41) is 1.13. The minimum absolute atomic E-state index is 0.0282. The normalized spacial score (nSPS) is 10.8. The lowest BCUT2D eigenvalue weighted by Crippen LogP contribution is -2.02. The van der Waals surface area contributed by atoms with Gasteiger partial charge in [0.15, 0.2) is 0 Å². The highest BCUT2D eigenvalue weighted by Crippen LogP contribution is 2.22. The largest absolute Gasteiger partial charge is 0.490 e. The Balaban J connectivity index is 2.08. The summed E-state index contributed by atoms with van der Waals surface area (Å²) in [7, 11) is 0. The summed E-state index contributed by atoms with van der Waals surface area (Å²) < 4.78 is 11.4. The van der Waals surface area contributed by atoms with E-state index in [9.17, 15) is 4.79 Å². The average Bonchev–Trinajstić information content (AvgIpc) is 2.48. The molecule has 21 heavy (non-hydrogen) atoms. The molecule has 0 aliphatic rings. The molecule has 0 spiro atoms. The van der Waals surface area contributed by atoms with Crippen LogP contribution in [0.15, 0.2) is 63.3 Å². The van der Waals surface area contributed by atoms with Crippen molar-refractivity contribution in [2.24, 2.45) is 0 Å². The molecule has 0 bridgehead atoms. The van der Waals surface area contributed by atoms with Gasteiger partial charge in [-0.1, -0.05) is 17.7 Å². The molecule has 0 amide bonds. The van der Waals surface area contributed by atoms with Crippen molar-refractivity contribution in [3.8, 4) is 5.75 Å². The SMILES string of the molecule is CC(C)=CCOc1ccc2oc3ccccc3c(=O)c2c1. The van der Waals surface area contributed by atoms with Crippen LogP contribution in [0.2, 0.25) is 0 Å². The fraction of sp³-hybridized carbons (Fsp3) is 0.167. The van der Waals surface area contributed by atoms with Crippen LogP contribution in [0.3, 0.4) is 0 Å². The lowest BCUT2D eigenvalue weighted by Gasteiger charge is -2.06. The van der Waals surface area contributed by atoms with Crippen LogP contribution in [-0.4, -0.2) is 6.61 Å². The summed E-state index contributed by atoms with van der Waals surface area (Å²) in [6.45, 7) is 4.53. The molecule has 0 fully saturated rings. The van der Waals surface area contributed by atoms with Crippen molar-refractivity contribution in [2.75, 3.05) is 6.61 Å². The Labute approximate surface area is 122 Å². The van der Waals surface area contributed by atoms with E-state index in [-0.39, 0.29) is 5.43 Å². The molecule has 0 saturated carbocycles. The highest BCUT2D eigenvalue weighted by atomic mass is 16.5. The topological polar surface area (TPSA) is 39.4 Å². The highest BCUT2D eigenvalue weighted by Gasteiger charge is 2.08. The molecule has 3 heteroatoms. The van der Waals surface area contributed by atoms with Gasteiger partial charge in [-0.05, 0) is 50.3 Å². The molecule has 0 unspecified atom stereocenters. The van der Waals surface area contributed by atoms with E-state index in [4.69, 9.17) is 9.15 Å². The number of rotatable bonds is 3. The van der Waals surface area contributed by atoms with E-state index in [1.54, 1.807) is 24.3 Å². The third-order valence-electron chi connectivity index (χ3n) is 3.29. The van der Waals surface area contributed by atoms with E-state index in [0.717, 1.165) is 0 Å². The second-order valence-corrected chi connectivity index (χ2v) is 5.18. The number of allylic oxidation sites excluding steroid dienone is 1. The molecule has 0 aliphatic heterocycles. The van der Waals surface area contributed by atoms with E-state index in [2.05, 4.69) is 0 Å². The number of ether oxygens (including phenoxy) is 1. The summed E-state index contributed by atoms with van der Waals surface area (Å²) in [5.74, 6) is 0.669. The second-order valence-electron chi connectivity index (χ2n) is 5.18. The molecule has 106 valence electrons. The highest BCUT2D eigenvalue weighted by molar-refractivity contribution is 5.90. The van der Waals surface area contributed by atoms with Gasteiger partial charge in [-0.25, -0.2) is 0 Å². The molecule has 2 aromatic carbocycles. The van der Waals surface area contributed by atoms with Crippen LogP contribution in [0.25, 0.3) is 21.9 Å². The van der Waals surface area contributed by atoms with Gasteiger partial charge in [0.2, 0.25) is 5.43 Å². The summed E-state index contributed by atoms with van der Waals surface area (Å²) >= 11 is 0. The molecule has 0 saturated heterocycles. The zero-order valence-electron chi connectivity index (χ0n) is 12.1.